The molecule has 0 aliphatic heterocycles. The highest BCUT2D eigenvalue weighted by atomic mass is 35.5. The molecule has 3 rings (SSSR count). The Labute approximate surface area is 224 Å². The number of sulfonamides is 1. The summed E-state index contributed by atoms with van der Waals surface area (Å²) in [5.41, 5.74) is 3.03. The molecule has 3 aromatic rings. The van der Waals surface area contributed by atoms with Crippen LogP contribution in [-0.4, -0.2) is 44.3 Å². The number of amides is 2. The molecule has 0 heterocycles. The van der Waals surface area contributed by atoms with E-state index in [1.807, 2.05) is 19.9 Å². The molecule has 0 aliphatic rings. The van der Waals surface area contributed by atoms with Crippen LogP contribution in [0.15, 0.2) is 77.7 Å². The van der Waals surface area contributed by atoms with Gasteiger partial charge in [0.05, 0.1) is 10.6 Å². The maximum atomic E-state index is 13.8. The van der Waals surface area contributed by atoms with Gasteiger partial charge in [0.2, 0.25) is 11.8 Å². The highest BCUT2D eigenvalue weighted by molar-refractivity contribution is 7.92. The van der Waals surface area contributed by atoms with Crippen molar-refractivity contribution in [1.82, 2.24) is 10.2 Å². The molecule has 2 amide bonds. The van der Waals surface area contributed by atoms with Gasteiger partial charge in [0.25, 0.3) is 10.0 Å². The van der Waals surface area contributed by atoms with Crippen LogP contribution in [0.2, 0.25) is 5.02 Å². The Morgan fingerprint density at radius 2 is 1.59 bits per heavy atom. The zero-order valence-electron chi connectivity index (χ0n) is 21.4. The van der Waals surface area contributed by atoms with Crippen LogP contribution in [0.4, 0.5) is 5.69 Å². The molecule has 0 radical (unpaired) electrons. The SMILES string of the molecule is CCNC(=O)C(C)N(Cc1ccc(Cl)cc1)C(=O)CN(c1ccc(C)c(C)c1)S(=O)(=O)c1ccccc1. The van der Waals surface area contributed by atoms with Crippen molar-refractivity contribution in [1.29, 1.82) is 0 Å². The number of likely N-dealkylation sites (N-methyl/N-ethyl adjacent to an activating group) is 1. The van der Waals surface area contributed by atoms with Gasteiger partial charge in [0.1, 0.15) is 12.6 Å². The molecule has 0 spiro atoms. The third-order valence-electron chi connectivity index (χ3n) is 6.17. The van der Waals surface area contributed by atoms with Crippen molar-refractivity contribution in [2.24, 2.45) is 0 Å². The number of aryl methyl sites for hydroxylation is 2. The van der Waals surface area contributed by atoms with Gasteiger partial charge in [-0.2, -0.15) is 0 Å². The molecule has 0 saturated heterocycles. The first-order valence-corrected chi connectivity index (χ1v) is 13.8. The minimum absolute atomic E-state index is 0.0713. The van der Waals surface area contributed by atoms with E-state index in [0.29, 0.717) is 17.3 Å². The standard InChI is InChI=1S/C28H32ClN3O4S/c1-5-30-28(34)22(4)31(18-23-12-14-24(29)15-13-23)27(33)19-32(25-16-11-20(2)21(3)17-25)37(35,36)26-9-7-6-8-10-26/h6-17,22H,5,18-19H2,1-4H3,(H,30,34). The molecule has 0 aliphatic carbocycles. The minimum atomic E-state index is -4.08. The number of carbonyl (C=O) groups excluding carboxylic acids is 2. The number of nitrogens with one attached hydrogen (secondary N) is 1. The molecule has 9 heteroatoms. The van der Waals surface area contributed by atoms with Crippen LogP contribution in [-0.2, 0) is 26.2 Å². The highest BCUT2D eigenvalue weighted by Crippen LogP contribution is 2.26. The van der Waals surface area contributed by atoms with E-state index < -0.39 is 28.5 Å². The molecule has 1 atom stereocenters. The predicted octanol–water partition coefficient (Wildman–Crippen LogP) is 4.71. The average molecular weight is 542 g/mol. The van der Waals surface area contributed by atoms with Gasteiger partial charge in [-0.15, -0.1) is 0 Å². The lowest BCUT2D eigenvalue weighted by Gasteiger charge is -2.32. The maximum absolute atomic E-state index is 13.8. The molecule has 37 heavy (non-hydrogen) atoms. The molecule has 0 bridgehead atoms. The van der Waals surface area contributed by atoms with Crippen molar-refractivity contribution in [3.63, 3.8) is 0 Å². The molecule has 196 valence electrons. The third kappa shape index (κ3) is 6.90. The molecule has 0 fully saturated rings. The fourth-order valence-corrected chi connectivity index (χ4v) is 5.37. The number of hydrogen-bond acceptors (Lipinski definition) is 4. The molecule has 0 aromatic heterocycles. The number of halogens is 1. The maximum Gasteiger partial charge on any atom is 0.264 e. The fraction of sp³-hybridized carbons (Fsp3) is 0.286. The highest BCUT2D eigenvalue weighted by Gasteiger charge is 2.32. The Morgan fingerprint density at radius 1 is 0.946 bits per heavy atom. The van der Waals surface area contributed by atoms with E-state index in [4.69, 9.17) is 11.6 Å². The first-order chi connectivity index (χ1) is 17.5. The van der Waals surface area contributed by atoms with E-state index in [-0.39, 0.29) is 17.3 Å². The summed E-state index contributed by atoms with van der Waals surface area (Å²) in [5.74, 6) is -0.833. The summed E-state index contributed by atoms with van der Waals surface area (Å²) in [5, 5.41) is 3.29. The van der Waals surface area contributed by atoms with Gasteiger partial charge >= 0.3 is 0 Å². The van der Waals surface area contributed by atoms with Gasteiger partial charge in [-0.25, -0.2) is 8.42 Å². The van der Waals surface area contributed by atoms with Crippen molar-refractivity contribution < 1.29 is 18.0 Å². The second kappa shape index (κ2) is 12.3. The summed E-state index contributed by atoms with van der Waals surface area (Å²) in [4.78, 5) is 28.0. The first-order valence-electron chi connectivity index (χ1n) is 12.0. The van der Waals surface area contributed by atoms with E-state index in [0.717, 1.165) is 21.0 Å². The summed E-state index contributed by atoms with van der Waals surface area (Å²) in [6.07, 6.45) is 0. The van der Waals surface area contributed by atoms with Gasteiger partial charge in [-0.3, -0.25) is 13.9 Å². The lowest BCUT2D eigenvalue weighted by Crippen LogP contribution is -2.51. The van der Waals surface area contributed by atoms with Crippen LogP contribution < -0.4 is 9.62 Å². The zero-order chi connectivity index (χ0) is 27.2. The van der Waals surface area contributed by atoms with Gasteiger partial charge in [0, 0.05) is 18.1 Å². The molecule has 0 saturated carbocycles. The largest absolute Gasteiger partial charge is 0.355 e. The quantitative estimate of drug-likeness (QED) is 0.403. The van der Waals surface area contributed by atoms with Crippen LogP contribution in [0.5, 0.6) is 0 Å². The molecule has 7 nitrogen and oxygen atoms in total. The van der Waals surface area contributed by atoms with Crippen molar-refractivity contribution in [2.45, 2.75) is 45.2 Å². The van der Waals surface area contributed by atoms with E-state index >= 15 is 0 Å². The summed E-state index contributed by atoms with van der Waals surface area (Å²) >= 11 is 6.02. The molecule has 3 aromatic carbocycles. The molecular formula is C28H32ClN3O4S. The molecular weight excluding hydrogens is 510 g/mol. The van der Waals surface area contributed by atoms with Gasteiger partial charge in [-0.1, -0.05) is 48.0 Å². The minimum Gasteiger partial charge on any atom is -0.355 e. The van der Waals surface area contributed by atoms with Gasteiger partial charge < -0.3 is 10.2 Å². The Bertz CT molecular complexity index is 1350. The number of nitrogens with zero attached hydrogens (tertiary/aromatic N) is 2. The van der Waals surface area contributed by atoms with Crippen LogP contribution >= 0.6 is 11.6 Å². The van der Waals surface area contributed by atoms with Crippen LogP contribution in [0.25, 0.3) is 0 Å². The Balaban J connectivity index is 2.03. The number of anilines is 1. The fourth-order valence-electron chi connectivity index (χ4n) is 3.82. The van der Waals surface area contributed by atoms with Crippen LogP contribution in [0.3, 0.4) is 0 Å². The summed E-state index contributed by atoms with van der Waals surface area (Å²) in [6, 6.07) is 19.4. The number of carbonyl (C=O) groups is 2. The van der Waals surface area contributed by atoms with Crippen molar-refractivity contribution >= 4 is 39.1 Å². The van der Waals surface area contributed by atoms with Crippen LogP contribution in [0.1, 0.15) is 30.5 Å². The van der Waals surface area contributed by atoms with Crippen molar-refractivity contribution in [2.75, 3.05) is 17.4 Å². The number of rotatable bonds is 10. The van der Waals surface area contributed by atoms with E-state index in [9.17, 15) is 18.0 Å². The van der Waals surface area contributed by atoms with Gasteiger partial charge in [0.15, 0.2) is 0 Å². The summed E-state index contributed by atoms with van der Waals surface area (Å²) in [6.45, 7) is 7.29. The van der Waals surface area contributed by atoms with E-state index in [1.54, 1.807) is 68.4 Å². The molecule has 1 N–H and O–H groups in total. The second-order valence-electron chi connectivity index (χ2n) is 8.81. The third-order valence-corrected chi connectivity index (χ3v) is 8.21. The summed E-state index contributed by atoms with van der Waals surface area (Å²) in [7, 11) is -4.08. The van der Waals surface area contributed by atoms with E-state index in [1.165, 1.54) is 17.0 Å². The zero-order valence-corrected chi connectivity index (χ0v) is 23.0. The van der Waals surface area contributed by atoms with Crippen molar-refractivity contribution in [3.8, 4) is 0 Å². The lowest BCUT2D eigenvalue weighted by molar-refractivity contribution is -0.139. The van der Waals surface area contributed by atoms with Crippen molar-refractivity contribution in [3.05, 3.63) is 94.5 Å². The normalized spacial score (nSPS) is 12.0. The topological polar surface area (TPSA) is 86.8 Å². The van der Waals surface area contributed by atoms with Gasteiger partial charge in [-0.05, 0) is 80.8 Å². The second-order valence-corrected chi connectivity index (χ2v) is 11.1. The Hall–Kier alpha value is -3.36. The number of benzene rings is 3. The predicted molar refractivity (Wildman–Crippen MR) is 147 cm³/mol. The first kappa shape index (κ1) is 28.2. The lowest BCUT2D eigenvalue weighted by atomic mass is 10.1. The molecule has 1 unspecified atom stereocenters. The Kier molecular flexibility index (Phi) is 9.34. The average Bonchev–Trinajstić information content (AvgIpc) is 2.88. The monoisotopic (exact) mass is 541 g/mol. The number of hydrogen-bond donors (Lipinski definition) is 1. The summed E-state index contributed by atoms with van der Waals surface area (Å²) < 4.78 is 28.6. The van der Waals surface area contributed by atoms with E-state index in [2.05, 4.69) is 5.32 Å². The Morgan fingerprint density at radius 3 is 2.19 bits per heavy atom. The van der Waals surface area contributed by atoms with Crippen LogP contribution in [0, 0.1) is 13.8 Å². The smallest absolute Gasteiger partial charge is 0.264 e.